The zero-order valence-electron chi connectivity index (χ0n) is 11.3. The van der Waals surface area contributed by atoms with Crippen LogP contribution in [-0.2, 0) is 6.42 Å². The molecule has 1 aromatic carbocycles. The van der Waals surface area contributed by atoms with Crippen molar-refractivity contribution in [3.8, 4) is 5.75 Å². The maximum atomic E-state index is 5.32. The molecule has 2 heterocycles. The number of fused-ring (bicyclic) bond motifs is 2. The van der Waals surface area contributed by atoms with Crippen molar-refractivity contribution in [2.24, 2.45) is 0 Å². The Bertz CT molecular complexity index is 632. The van der Waals surface area contributed by atoms with Crippen LogP contribution in [0.2, 0.25) is 0 Å². The summed E-state index contributed by atoms with van der Waals surface area (Å²) in [6.45, 7) is 6.48. The molecule has 1 aliphatic rings. The number of aryl methyl sites for hydroxylation is 1. The molecule has 0 spiro atoms. The smallest absolute Gasteiger partial charge is 0.130 e. The highest BCUT2D eigenvalue weighted by molar-refractivity contribution is 5.86. The average molecular weight is 242 g/mol. The van der Waals surface area contributed by atoms with Crippen molar-refractivity contribution in [2.45, 2.75) is 32.7 Å². The second-order valence-corrected chi connectivity index (χ2v) is 5.70. The lowest BCUT2D eigenvalue weighted by Crippen LogP contribution is -2.27. The minimum Gasteiger partial charge on any atom is -0.497 e. The van der Waals surface area contributed by atoms with Crippen molar-refractivity contribution in [1.29, 1.82) is 0 Å². The first-order valence-corrected chi connectivity index (χ1v) is 6.25. The molecular weight excluding hydrogens is 224 g/mol. The summed E-state index contributed by atoms with van der Waals surface area (Å²) in [4.78, 5) is 4.76. The molecular formula is C15H18N2O. The van der Waals surface area contributed by atoms with E-state index in [1.54, 1.807) is 7.11 Å². The Morgan fingerprint density at radius 2 is 2.06 bits per heavy atom. The van der Waals surface area contributed by atoms with E-state index < -0.39 is 0 Å². The van der Waals surface area contributed by atoms with Crippen molar-refractivity contribution >= 4 is 16.7 Å². The normalized spacial score (nSPS) is 16.4. The Balaban J connectivity index is 2.23. The molecule has 0 saturated carbocycles. The van der Waals surface area contributed by atoms with Crippen LogP contribution in [0.5, 0.6) is 5.75 Å². The molecule has 3 rings (SSSR count). The lowest BCUT2D eigenvalue weighted by Gasteiger charge is -2.17. The first kappa shape index (κ1) is 11.3. The fourth-order valence-electron chi connectivity index (χ4n) is 2.68. The van der Waals surface area contributed by atoms with Crippen molar-refractivity contribution < 1.29 is 4.74 Å². The van der Waals surface area contributed by atoms with Crippen LogP contribution in [-0.4, -0.2) is 17.6 Å². The SMILES string of the molecule is COc1cc(C)c2nc3c(cc2c1)CC(C)(C)N3. The summed E-state index contributed by atoms with van der Waals surface area (Å²) in [6, 6.07) is 6.32. The third kappa shape index (κ3) is 1.70. The molecule has 0 atom stereocenters. The van der Waals surface area contributed by atoms with Gasteiger partial charge in [0.1, 0.15) is 11.6 Å². The van der Waals surface area contributed by atoms with Gasteiger partial charge in [0.15, 0.2) is 0 Å². The number of methoxy groups -OCH3 is 1. The molecule has 0 aliphatic carbocycles. The van der Waals surface area contributed by atoms with Crippen molar-refractivity contribution in [2.75, 3.05) is 12.4 Å². The van der Waals surface area contributed by atoms with Gasteiger partial charge in [0.25, 0.3) is 0 Å². The van der Waals surface area contributed by atoms with Gasteiger partial charge in [-0.25, -0.2) is 4.98 Å². The number of nitrogens with one attached hydrogen (secondary N) is 1. The molecule has 94 valence electrons. The Morgan fingerprint density at radius 3 is 2.78 bits per heavy atom. The molecule has 1 aromatic heterocycles. The number of hydrogen-bond acceptors (Lipinski definition) is 3. The van der Waals surface area contributed by atoms with Crippen LogP contribution in [0.4, 0.5) is 5.82 Å². The molecule has 3 nitrogen and oxygen atoms in total. The van der Waals surface area contributed by atoms with E-state index in [0.29, 0.717) is 0 Å². The van der Waals surface area contributed by atoms with Crippen LogP contribution in [0, 0.1) is 6.92 Å². The van der Waals surface area contributed by atoms with E-state index in [9.17, 15) is 0 Å². The van der Waals surface area contributed by atoms with E-state index in [-0.39, 0.29) is 5.54 Å². The number of aromatic nitrogens is 1. The van der Waals surface area contributed by atoms with E-state index in [2.05, 4.69) is 38.2 Å². The van der Waals surface area contributed by atoms with Gasteiger partial charge in [0, 0.05) is 10.9 Å². The van der Waals surface area contributed by atoms with Crippen LogP contribution in [0.1, 0.15) is 25.0 Å². The van der Waals surface area contributed by atoms with Gasteiger partial charge in [0.05, 0.1) is 12.6 Å². The van der Waals surface area contributed by atoms with Gasteiger partial charge < -0.3 is 10.1 Å². The van der Waals surface area contributed by atoms with Gasteiger partial charge in [-0.2, -0.15) is 0 Å². The monoisotopic (exact) mass is 242 g/mol. The number of pyridine rings is 1. The third-order valence-corrected chi connectivity index (χ3v) is 3.49. The van der Waals surface area contributed by atoms with E-state index in [0.717, 1.165) is 34.5 Å². The first-order chi connectivity index (χ1) is 8.48. The highest BCUT2D eigenvalue weighted by Crippen LogP contribution is 2.34. The Labute approximate surface area is 107 Å². The maximum absolute atomic E-state index is 5.32. The number of hydrogen-bond donors (Lipinski definition) is 1. The van der Waals surface area contributed by atoms with E-state index in [1.165, 1.54) is 5.56 Å². The molecule has 0 saturated heterocycles. The molecule has 2 aromatic rings. The summed E-state index contributed by atoms with van der Waals surface area (Å²) in [5, 5.41) is 4.64. The summed E-state index contributed by atoms with van der Waals surface area (Å²) < 4.78 is 5.32. The van der Waals surface area contributed by atoms with E-state index in [1.807, 2.05) is 6.07 Å². The summed E-state index contributed by atoms with van der Waals surface area (Å²) >= 11 is 0. The minimum atomic E-state index is 0.102. The Kier molecular flexibility index (Phi) is 2.27. The zero-order chi connectivity index (χ0) is 12.9. The van der Waals surface area contributed by atoms with Gasteiger partial charge >= 0.3 is 0 Å². The molecule has 1 N–H and O–H groups in total. The fraction of sp³-hybridized carbons (Fsp3) is 0.400. The van der Waals surface area contributed by atoms with Crippen LogP contribution >= 0.6 is 0 Å². The second kappa shape index (κ2) is 3.61. The molecule has 0 bridgehead atoms. The van der Waals surface area contributed by atoms with Crippen LogP contribution < -0.4 is 10.1 Å². The van der Waals surface area contributed by atoms with Crippen LogP contribution in [0.15, 0.2) is 18.2 Å². The van der Waals surface area contributed by atoms with Crippen LogP contribution in [0.3, 0.4) is 0 Å². The molecule has 0 unspecified atom stereocenters. The van der Waals surface area contributed by atoms with E-state index >= 15 is 0 Å². The molecule has 0 fully saturated rings. The summed E-state index contributed by atoms with van der Waals surface area (Å²) in [5.41, 5.74) is 3.60. The molecule has 18 heavy (non-hydrogen) atoms. The number of anilines is 1. The number of nitrogens with zero attached hydrogens (tertiary/aromatic N) is 1. The Hall–Kier alpha value is -1.77. The number of benzene rings is 1. The molecule has 0 radical (unpaired) electrons. The highest BCUT2D eigenvalue weighted by atomic mass is 16.5. The standard InChI is InChI=1S/C15H18N2O/c1-9-5-12(18-4)7-10-6-11-8-15(2,3)17-14(11)16-13(9)10/h5-7H,8H2,1-4H3,(H,16,17). The zero-order valence-corrected chi connectivity index (χ0v) is 11.3. The predicted molar refractivity (Wildman–Crippen MR) is 74.4 cm³/mol. The van der Waals surface area contributed by atoms with Crippen LogP contribution in [0.25, 0.3) is 10.9 Å². The topological polar surface area (TPSA) is 34.1 Å². The van der Waals surface area contributed by atoms with Gasteiger partial charge in [0.2, 0.25) is 0 Å². The summed E-state index contributed by atoms with van der Waals surface area (Å²) in [6.07, 6.45) is 1.02. The summed E-state index contributed by atoms with van der Waals surface area (Å²) in [5.74, 6) is 1.92. The minimum absolute atomic E-state index is 0.102. The quantitative estimate of drug-likeness (QED) is 0.833. The average Bonchev–Trinajstić information content (AvgIpc) is 2.59. The van der Waals surface area contributed by atoms with Gasteiger partial charge in [-0.15, -0.1) is 0 Å². The third-order valence-electron chi connectivity index (χ3n) is 3.49. The predicted octanol–water partition coefficient (Wildman–Crippen LogP) is 3.30. The first-order valence-electron chi connectivity index (χ1n) is 6.25. The summed E-state index contributed by atoms with van der Waals surface area (Å²) in [7, 11) is 1.70. The number of ether oxygens (including phenoxy) is 1. The molecule has 0 amide bonds. The van der Waals surface area contributed by atoms with Gasteiger partial charge in [-0.1, -0.05) is 0 Å². The molecule has 3 heteroatoms. The number of rotatable bonds is 1. The maximum Gasteiger partial charge on any atom is 0.130 e. The second-order valence-electron chi connectivity index (χ2n) is 5.70. The lowest BCUT2D eigenvalue weighted by atomic mass is 9.99. The highest BCUT2D eigenvalue weighted by Gasteiger charge is 2.28. The largest absolute Gasteiger partial charge is 0.497 e. The van der Waals surface area contributed by atoms with Gasteiger partial charge in [-0.05, 0) is 56.5 Å². The van der Waals surface area contributed by atoms with Crippen molar-refractivity contribution in [1.82, 2.24) is 4.98 Å². The van der Waals surface area contributed by atoms with E-state index in [4.69, 9.17) is 9.72 Å². The van der Waals surface area contributed by atoms with Gasteiger partial charge in [-0.3, -0.25) is 0 Å². The van der Waals surface area contributed by atoms with Crippen molar-refractivity contribution in [3.63, 3.8) is 0 Å². The Morgan fingerprint density at radius 1 is 1.28 bits per heavy atom. The fourth-order valence-corrected chi connectivity index (χ4v) is 2.68. The van der Waals surface area contributed by atoms with Crippen molar-refractivity contribution in [3.05, 3.63) is 29.3 Å². The molecule has 1 aliphatic heterocycles. The lowest BCUT2D eigenvalue weighted by molar-refractivity contribution is 0.415.